The minimum atomic E-state index is -4.01. The standard InChI is InChI=1S/C20H17F2N5O2S/c1-12(13-5-2-3-6-14(13)21)18-15(22)7-8-16-19(18)26-20(27-30(16,28)29)25-11-17-23-9-4-10-24-17/h2-10,12H,11H2,1H3,(H2,25,26,27)/t12-/m1/s1. The molecule has 154 valence electrons. The summed E-state index contributed by atoms with van der Waals surface area (Å²) in [6.07, 6.45) is 3.08. The molecule has 0 spiro atoms. The second-order valence-electron chi connectivity index (χ2n) is 6.64. The van der Waals surface area contributed by atoms with Gasteiger partial charge in [0.2, 0.25) is 5.96 Å². The van der Waals surface area contributed by atoms with E-state index in [2.05, 4.69) is 25.0 Å². The van der Waals surface area contributed by atoms with Crippen LogP contribution in [0.4, 0.5) is 14.5 Å². The molecule has 2 heterocycles. The predicted molar refractivity (Wildman–Crippen MR) is 107 cm³/mol. The van der Waals surface area contributed by atoms with E-state index in [1.54, 1.807) is 31.5 Å². The van der Waals surface area contributed by atoms with Crippen LogP contribution in [0.5, 0.6) is 0 Å². The van der Waals surface area contributed by atoms with E-state index in [9.17, 15) is 17.2 Å². The number of hydrogen-bond donors (Lipinski definition) is 2. The minimum absolute atomic E-state index is 0.00847. The molecule has 10 heteroatoms. The Labute approximate surface area is 172 Å². The van der Waals surface area contributed by atoms with Gasteiger partial charge in [0, 0.05) is 23.9 Å². The SMILES string of the molecule is C[C@H](c1ccccc1F)c1c(F)ccc2c1NC(=NCc1ncccn1)NS2(=O)=O. The molecule has 2 N–H and O–H groups in total. The zero-order chi connectivity index (χ0) is 21.3. The normalized spacial score (nSPS) is 17.0. The van der Waals surface area contributed by atoms with E-state index < -0.39 is 27.6 Å². The van der Waals surface area contributed by atoms with Crippen LogP contribution < -0.4 is 10.0 Å². The number of aliphatic imine (C=N–C) groups is 1. The van der Waals surface area contributed by atoms with Gasteiger partial charge < -0.3 is 5.32 Å². The van der Waals surface area contributed by atoms with Crippen molar-refractivity contribution >= 4 is 21.7 Å². The van der Waals surface area contributed by atoms with Crippen molar-refractivity contribution in [3.8, 4) is 0 Å². The van der Waals surface area contributed by atoms with Gasteiger partial charge in [0.05, 0.1) is 5.69 Å². The number of rotatable bonds is 4. The molecule has 0 amide bonds. The maximum absolute atomic E-state index is 14.8. The van der Waals surface area contributed by atoms with Crippen molar-refractivity contribution in [2.24, 2.45) is 4.99 Å². The van der Waals surface area contributed by atoms with Crippen LogP contribution >= 0.6 is 0 Å². The summed E-state index contributed by atoms with van der Waals surface area (Å²) in [6, 6.07) is 9.86. The van der Waals surface area contributed by atoms with Crippen molar-refractivity contribution in [3.05, 3.63) is 83.4 Å². The van der Waals surface area contributed by atoms with Crippen LogP contribution in [0.1, 0.15) is 29.8 Å². The lowest BCUT2D eigenvalue weighted by Gasteiger charge is -2.26. The molecule has 0 unspecified atom stereocenters. The number of benzene rings is 2. The van der Waals surface area contributed by atoms with Crippen LogP contribution in [0.25, 0.3) is 0 Å². The lowest BCUT2D eigenvalue weighted by Crippen LogP contribution is -2.41. The molecule has 0 fully saturated rings. The molecule has 4 rings (SSSR count). The summed E-state index contributed by atoms with van der Waals surface area (Å²) in [7, 11) is -4.01. The molecule has 0 bridgehead atoms. The van der Waals surface area contributed by atoms with Gasteiger partial charge in [0.1, 0.15) is 28.9 Å². The quantitative estimate of drug-likeness (QED) is 0.664. The number of nitrogens with one attached hydrogen (secondary N) is 2. The maximum Gasteiger partial charge on any atom is 0.266 e. The summed E-state index contributed by atoms with van der Waals surface area (Å²) < 4.78 is 56.9. The highest BCUT2D eigenvalue weighted by Gasteiger charge is 2.32. The van der Waals surface area contributed by atoms with Gasteiger partial charge in [-0.15, -0.1) is 0 Å². The van der Waals surface area contributed by atoms with E-state index in [-0.39, 0.29) is 34.2 Å². The highest BCUT2D eigenvalue weighted by molar-refractivity contribution is 7.90. The summed E-state index contributed by atoms with van der Waals surface area (Å²) in [5.74, 6) is -1.62. The molecular weight excluding hydrogens is 412 g/mol. The first-order chi connectivity index (χ1) is 14.4. The Kier molecular flexibility index (Phi) is 5.17. The molecule has 0 saturated carbocycles. The van der Waals surface area contributed by atoms with Gasteiger partial charge in [-0.1, -0.05) is 25.1 Å². The van der Waals surface area contributed by atoms with Crippen molar-refractivity contribution in [1.82, 2.24) is 14.7 Å². The van der Waals surface area contributed by atoms with Gasteiger partial charge in [0.25, 0.3) is 10.0 Å². The van der Waals surface area contributed by atoms with Crippen molar-refractivity contribution in [3.63, 3.8) is 0 Å². The number of guanidine groups is 1. The first kappa shape index (κ1) is 19.9. The first-order valence-electron chi connectivity index (χ1n) is 9.04. The van der Waals surface area contributed by atoms with Crippen LogP contribution in [0.2, 0.25) is 0 Å². The average molecular weight is 429 g/mol. The van der Waals surface area contributed by atoms with Gasteiger partial charge in [-0.3, -0.25) is 0 Å². The minimum Gasteiger partial charge on any atom is -0.324 e. The molecular formula is C20H17F2N5O2S. The Morgan fingerprint density at radius 3 is 2.50 bits per heavy atom. The molecule has 7 nitrogen and oxygen atoms in total. The lowest BCUT2D eigenvalue weighted by atomic mass is 9.91. The summed E-state index contributed by atoms with van der Waals surface area (Å²) >= 11 is 0. The third-order valence-corrected chi connectivity index (χ3v) is 6.10. The number of hydrogen-bond acceptors (Lipinski definition) is 5. The molecule has 1 aromatic heterocycles. The van der Waals surface area contributed by atoms with Gasteiger partial charge in [-0.25, -0.2) is 36.9 Å². The van der Waals surface area contributed by atoms with Crippen molar-refractivity contribution in [2.75, 3.05) is 5.32 Å². The molecule has 1 aliphatic heterocycles. The largest absolute Gasteiger partial charge is 0.324 e. The van der Waals surface area contributed by atoms with E-state index >= 15 is 0 Å². The fourth-order valence-electron chi connectivity index (χ4n) is 3.29. The number of sulfonamides is 1. The number of anilines is 1. The third-order valence-electron chi connectivity index (χ3n) is 4.72. The van der Waals surface area contributed by atoms with Gasteiger partial charge in [-0.05, 0) is 29.8 Å². The maximum atomic E-state index is 14.8. The van der Waals surface area contributed by atoms with E-state index in [1.165, 1.54) is 18.2 Å². The summed E-state index contributed by atoms with van der Waals surface area (Å²) in [4.78, 5) is 12.1. The Balaban J connectivity index is 1.79. The lowest BCUT2D eigenvalue weighted by molar-refractivity contribution is 0.577. The van der Waals surface area contributed by atoms with Gasteiger partial charge in [-0.2, -0.15) is 0 Å². The molecule has 3 aromatic rings. The zero-order valence-electron chi connectivity index (χ0n) is 15.8. The van der Waals surface area contributed by atoms with E-state index in [1.807, 2.05) is 0 Å². The Morgan fingerprint density at radius 1 is 1.03 bits per heavy atom. The van der Waals surface area contributed by atoms with E-state index in [4.69, 9.17) is 0 Å². The molecule has 0 saturated heterocycles. The highest BCUT2D eigenvalue weighted by atomic mass is 32.2. The zero-order valence-corrected chi connectivity index (χ0v) is 16.6. The number of nitrogens with zero attached hydrogens (tertiary/aromatic N) is 3. The molecule has 0 radical (unpaired) electrons. The Morgan fingerprint density at radius 2 is 1.77 bits per heavy atom. The third kappa shape index (κ3) is 3.73. The fourth-order valence-corrected chi connectivity index (χ4v) is 4.45. The summed E-state index contributed by atoms with van der Waals surface area (Å²) in [5.41, 5.74) is 0.308. The van der Waals surface area contributed by atoms with Crippen molar-refractivity contribution in [1.29, 1.82) is 0 Å². The first-order valence-corrected chi connectivity index (χ1v) is 10.5. The average Bonchev–Trinajstić information content (AvgIpc) is 2.72. The topological polar surface area (TPSA) is 96.3 Å². The number of halogens is 2. The highest BCUT2D eigenvalue weighted by Crippen LogP contribution is 2.38. The van der Waals surface area contributed by atoms with Crippen molar-refractivity contribution in [2.45, 2.75) is 24.3 Å². The van der Waals surface area contributed by atoms with Crippen LogP contribution in [0.15, 0.2) is 64.7 Å². The van der Waals surface area contributed by atoms with Crippen molar-refractivity contribution < 1.29 is 17.2 Å². The fraction of sp³-hybridized carbons (Fsp3) is 0.150. The Bertz CT molecular complexity index is 1230. The Hall–Kier alpha value is -3.40. The van der Waals surface area contributed by atoms with Crippen LogP contribution in [0.3, 0.4) is 0 Å². The van der Waals surface area contributed by atoms with Crippen LogP contribution in [-0.4, -0.2) is 24.3 Å². The predicted octanol–water partition coefficient (Wildman–Crippen LogP) is 3.17. The monoisotopic (exact) mass is 429 g/mol. The summed E-state index contributed by atoms with van der Waals surface area (Å²) in [6.45, 7) is 1.62. The molecule has 1 aliphatic rings. The van der Waals surface area contributed by atoms with Crippen LogP contribution in [-0.2, 0) is 16.6 Å². The van der Waals surface area contributed by atoms with E-state index in [0.29, 0.717) is 5.82 Å². The van der Waals surface area contributed by atoms with Crippen LogP contribution in [0, 0.1) is 11.6 Å². The van der Waals surface area contributed by atoms with Gasteiger partial charge in [0.15, 0.2) is 0 Å². The second-order valence-corrected chi connectivity index (χ2v) is 8.29. The number of aromatic nitrogens is 2. The second kappa shape index (κ2) is 7.79. The molecule has 30 heavy (non-hydrogen) atoms. The summed E-state index contributed by atoms with van der Waals surface area (Å²) in [5, 5.41) is 2.84. The van der Waals surface area contributed by atoms with Gasteiger partial charge >= 0.3 is 0 Å². The van der Waals surface area contributed by atoms with E-state index in [0.717, 1.165) is 12.1 Å². The molecule has 0 aliphatic carbocycles. The molecule has 1 atom stereocenters. The number of fused-ring (bicyclic) bond motifs is 1. The molecule has 2 aromatic carbocycles. The smallest absolute Gasteiger partial charge is 0.266 e.